The highest BCUT2D eigenvalue weighted by atomic mass is 16.1. The summed E-state index contributed by atoms with van der Waals surface area (Å²) in [7, 11) is 0. The molecule has 0 spiro atoms. The molecule has 0 aliphatic heterocycles. The van der Waals surface area contributed by atoms with Crippen molar-refractivity contribution in [1.29, 1.82) is 0 Å². The van der Waals surface area contributed by atoms with Crippen LogP contribution in [0, 0.1) is 0 Å². The van der Waals surface area contributed by atoms with E-state index in [1.807, 2.05) is 47.2 Å². The number of nitrogens with zero attached hydrogens (tertiary/aromatic N) is 2. The molecule has 24 heavy (non-hydrogen) atoms. The Morgan fingerprint density at radius 2 is 1.88 bits per heavy atom. The van der Waals surface area contributed by atoms with E-state index in [1.165, 1.54) is 0 Å². The fraction of sp³-hybridized carbons (Fsp3) is 0. The molecule has 0 aliphatic rings. The molecule has 0 aliphatic carbocycles. The number of benzene rings is 2. The first-order valence-electron chi connectivity index (χ1n) is 7.68. The molecule has 0 atom stereocenters. The van der Waals surface area contributed by atoms with E-state index < -0.39 is 0 Å². The Kier molecular flexibility index (Phi) is 3.56. The number of imidazole rings is 1. The summed E-state index contributed by atoms with van der Waals surface area (Å²) in [6, 6.07) is 19.7. The second kappa shape index (κ2) is 6.01. The molecule has 4 heteroatoms. The molecule has 4 aromatic rings. The lowest BCUT2D eigenvalue weighted by Gasteiger charge is -2.10. The van der Waals surface area contributed by atoms with Crippen LogP contribution in [0.4, 0.5) is 0 Å². The SMILES string of the molecule is O=c1ccc2cc(C(=Cn3ccnc3)c3ccccc3)ccc2[nH]1. The molecule has 1 N–H and O–H groups in total. The summed E-state index contributed by atoms with van der Waals surface area (Å²) in [5, 5.41) is 1.000. The van der Waals surface area contributed by atoms with Crippen molar-refractivity contribution in [3.05, 3.63) is 101 Å². The summed E-state index contributed by atoms with van der Waals surface area (Å²) in [4.78, 5) is 18.4. The maximum absolute atomic E-state index is 11.5. The molecule has 4 rings (SSSR count). The lowest BCUT2D eigenvalue weighted by molar-refractivity contribution is 1.14. The summed E-state index contributed by atoms with van der Waals surface area (Å²) in [5.74, 6) is 0. The van der Waals surface area contributed by atoms with Crippen molar-refractivity contribution in [1.82, 2.24) is 14.5 Å². The second-order valence-corrected chi connectivity index (χ2v) is 5.54. The minimum Gasteiger partial charge on any atom is -0.322 e. The van der Waals surface area contributed by atoms with Crippen LogP contribution in [0.3, 0.4) is 0 Å². The Labute approximate surface area is 138 Å². The van der Waals surface area contributed by atoms with Crippen LogP contribution in [-0.4, -0.2) is 14.5 Å². The fourth-order valence-corrected chi connectivity index (χ4v) is 2.75. The lowest BCUT2D eigenvalue weighted by atomic mass is 9.97. The predicted octanol–water partition coefficient (Wildman–Crippen LogP) is 3.77. The number of hydrogen-bond donors (Lipinski definition) is 1. The van der Waals surface area contributed by atoms with Gasteiger partial charge in [0.05, 0.1) is 6.33 Å². The molecule has 116 valence electrons. The van der Waals surface area contributed by atoms with E-state index in [4.69, 9.17) is 0 Å². The van der Waals surface area contributed by atoms with Crippen LogP contribution >= 0.6 is 0 Å². The van der Waals surface area contributed by atoms with Gasteiger partial charge in [0.25, 0.3) is 0 Å². The van der Waals surface area contributed by atoms with Gasteiger partial charge in [-0.2, -0.15) is 0 Å². The molecule has 0 amide bonds. The third-order valence-electron chi connectivity index (χ3n) is 3.92. The van der Waals surface area contributed by atoms with Crippen LogP contribution in [-0.2, 0) is 0 Å². The zero-order valence-corrected chi connectivity index (χ0v) is 12.9. The average molecular weight is 313 g/mol. The predicted molar refractivity (Wildman–Crippen MR) is 96.5 cm³/mol. The van der Waals surface area contributed by atoms with E-state index in [-0.39, 0.29) is 5.56 Å². The number of fused-ring (bicyclic) bond motifs is 1. The molecule has 0 radical (unpaired) electrons. The van der Waals surface area contributed by atoms with Crippen molar-refractivity contribution >= 4 is 22.7 Å². The quantitative estimate of drug-likeness (QED) is 0.626. The van der Waals surface area contributed by atoms with Gasteiger partial charge in [0.2, 0.25) is 5.56 Å². The smallest absolute Gasteiger partial charge is 0.248 e. The summed E-state index contributed by atoms with van der Waals surface area (Å²) in [6.07, 6.45) is 7.47. The number of aromatic nitrogens is 3. The highest BCUT2D eigenvalue weighted by Crippen LogP contribution is 2.26. The molecule has 2 heterocycles. The molecule has 0 unspecified atom stereocenters. The van der Waals surface area contributed by atoms with Gasteiger partial charge in [-0.1, -0.05) is 36.4 Å². The maximum Gasteiger partial charge on any atom is 0.248 e. The van der Waals surface area contributed by atoms with Crippen LogP contribution in [0.25, 0.3) is 22.7 Å². The van der Waals surface area contributed by atoms with Gasteiger partial charge in [0, 0.05) is 35.7 Å². The molecule has 4 nitrogen and oxygen atoms in total. The first kappa shape index (κ1) is 14.2. The number of hydrogen-bond acceptors (Lipinski definition) is 2. The van der Waals surface area contributed by atoms with Gasteiger partial charge >= 0.3 is 0 Å². The van der Waals surface area contributed by atoms with E-state index in [1.54, 1.807) is 18.6 Å². The van der Waals surface area contributed by atoms with E-state index >= 15 is 0 Å². The molecule has 2 aromatic carbocycles. The Balaban J connectivity index is 1.90. The zero-order chi connectivity index (χ0) is 16.4. The zero-order valence-electron chi connectivity index (χ0n) is 12.9. The topological polar surface area (TPSA) is 50.7 Å². The van der Waals surface area contributed by atoms with Gasteiger partial charge in [-0.3, -0.25) is 4.79 Å². The minimum absolute atomic E-state index is 0.0903. The average Bonchev–Trinajstić information content (AvgIpc) is 3.13. The lowest BCUT2D eigenvalue weighted by Crippen LogP contribution is -2.02. The highest BCUT2D eigenvalue weighted by molar-refractivity contribution is 5.91. The van der Waals surface area contributed by atoms with Crippen molar-refractivity contribution in [2.45, 2.75) is 0 Å². The van der Waals surface area contributed by atoms with Crippen molar-refractivity contribution in [3.63, 3.8) is 0 Å². The molecule has 0 bridgehead atoms. The Hall–Kier alpha value is -3.40. The largest absolute Gasteiger partial charge is 0.322 e. The maximum atomic E-state index is 11.5. The standard InChI is InChI=1S/C20H15N3O/c24-20-9-7-17-12-16(6-8-19(17)22-20)18(13-23-11-10-21-14-23)15-4-2-1-3-5-15/h1-14H,(H,22,24). The number of nitrogens with one attached hydrogen (secondary N) is 1. The summed E-state index contributed by atoms with van der Waals surface area (Å²) >= 11 is 0. The van der Waals surface area contributed by atoms with Crippen molar-refractivity contribution in [2.75, 3.05) is 0 Å². The second-order valence-electron chi connectivity index (χ2n) is 5.54. The van der Waals surface area contributed by atoms with Crippen LogP contribution in [0.1, 0.15) is 11.1 Å². The van der Waals surface area contributed by atoms with Crippen LogP contribution < -0.4 is 5.56 Å². The van der Waals surface area contributed by atoms with Gasteiger partial charge < -0.3 is 9.55 Å². The fourth-order valence-electron chi connectivity index (χ4n) is 2.75. The van der Waals surface area contributed by atoms with E-state index in [0.717, 1.165) is 27.6 Å². The third-order valence-corrected chi connectivity index (χ3v) is 3.92. The summed E-state index contributed by atoms with van der Waals surface area (Å²) < 4.78 is 1.93. The molecular formula is C20H15N3O. The van der Waals surface area contributed by atoms with Crippen LogP contribution in [0.2, 0.25) is 0 Å². The van der Waals surface area contributed by atoms with Gasteiger partial charge in [0.1, 0.15) is 0 Å². The molecule has 0 saturated carbocycles. The summed E-state index contributed by atoms with van der Waals surface area (Å²) in [5.41, 5.74) is 4.03. The Morgan fingerprint density at radius 1 is 1.00 bits per heavy atom. The molecular weight excluding hydrogens is 298 g/mol. The van der Waals surface area contributed by atoms with Gasteiger partial charge in [-0.05, 0) is 34.7 Å². The number of rotatable bonds is 3. The molecule has 0 saturated heterocycles. The van der Waals surface area contributed by atoms with Crippen molar-refractivity contribution < 1.29 is 0 Å². The first-order chi connectivity index (χ1) is 11.8. The van der Waals surface area contributed by atoms with E-state index in [2.05, 4.69) is 34.4 Å². The van der Waals surface area contributed by atoms with E-state index in [0.29, 0.717) is 0 Å². The Morgan fingerprint density at radius 3 is 2.67 bits per heavy atom. The number of aromatic amines is 1. The van der Waals surface area contributed by atoms with Gasteiger partial charge in [-0.15, -0.1) is 0 Å². The number of H-pyrrole nitrogens is 1. The van der Waals surface area contributed by atoms with Gasteiger partial charge in [-0.25, -0.2) is 4.98 Å². The van der Waals surface area contributed by atoms with Crippen LogP contribution in [0.15, 0.2) is 84.2 Å². The van der Waals surface area contributed by atoms with Crippen molar-refractivity contribution in [2.24, 2.45) is 0 Å². The van der Waals surface area contributed by atoms with E-state index in [9.17, 15) is 4.79 Å². The normalized spacial score (nSPS) is 11.8. The molecule has 0 fully saturated rings. The first-order valence-corrected chi connectivity index (χ1v) is 7.68. The molecule has 2 aromatic heterocycles. The Bertz CT molecular complexity index is 1060. The minimum atomic E-state index is -0.0903. The highest BCUT2D eigenvalue weighted by Gasteiger charge is 2.07. The number of pyridine rings is 1. The monoisotopic (exact) mass is 313 g/mol. The van der Waals surface area contributed by atoms with Gasteiger partial charge in [0.15, 0.2) is 0 Å². The van der Waals surface area contributed by atoms with Crippen LogP contribution in [0.5, 0.6) is 0 Å². The summed E-state index contributed by atoms with van der Waals surface area (Å²) in [6.45, 7) is 0. The van der Waals surface area contributed by atoms with Crippen molar-refractivity contribution in [3.8, 4) is 0 Å². The third kappa shape index (κ3) is 2.77.